The number of nitrogens with zero attached hydrogens (tertiary/aromatic N) is 2. The molecule has 0 atom stereocenters. The van der Waals surface area contributed by atoms with Crippen LogP contribution in [-0.2, 0) is 20.0 Å². The van der Waals surface area contributed by atoms with Gasteiger partial charge in [0, 0.05) is 30.9 Å². The van der Waals surface area contributed by atoms with Crippen molar-refractivity contribution in [3.05, 3.63) is 58.6 Å². The Morgan fingerprint density at radius 1 is 0.903 bits per heavy atom. The Morgan fingerprint density at radius 2 is 1.45 bits per heavy atom. The van der Waals surface area contributed by atoms with Crippen LogP contribution in [0.5, 0.6) is 0 Å². The van der Waals surface area contributed by atoms with Crippen molar-refractivity contribution in [2.24, 2.45) is 11.8 Å². The van der Waals surface area contributed by atoms with Gasteiger partial charge in [-0.1, -0.05) is 33.8 Å². The molecule has 0 aliphatic heterocycles. The van der Waals surface area contributed by atoms with Gasteiger partial charge in [0.2, 0.25) is 10.0 Å². The van der Waals surface area contributed by atoms with E-state index in [1.54, 1.807) is 0 Å². The first-order valence-corrected chi connectivity index (χ1v) is 12.6. The molecule has 2 aromatic carbocycles. The van der Waals surface area contributed by atoms with Crippen LogP contribution in [0.1, 0.15) is 27.7 Å². The first-order chi connectivity index (χ1) is 14.3. The highest BCUT2D eigenvalue weighted by Gasteiger charge is 2.26. The molecule has 9 nitrogen and oxygen atoms in total. The Balaban J connectivity index is 2.28. The number of rotatable bonds is 10. The van der Waals surface area contributed by atoms with Crippen LogP contribution in [-0.4, -0.2) is 39.2 Å². The summed E-state index contributed by atoms with van der Waals surface area (Å²) in [4.78, 5) is 10.0. The summed E-state index contributed by atoms with van der Waals surface area (Å²) < 4.78 is 54.9. The van der Waals surface area contributed by atoms with Crippen molar-refractivity contribution in [3.63, 3.8) is 0 Å². The molecule has 0 aliphatic carbocycles. The zero-order chi connectivity index (χ0) is 23.4. The fraction of sp³-hybridized carbons (Fsp3) is 0.400. The minimum absolute atomic E-state index is 0.0621. The summed E-state index contributed by atoms with van der Waals surface area (Å²) >= 11 is 0. The van der Waals surface area contributed by atoms with E-state index in [1.165, 1.54) is 46.8 Å². The quantitative estimate of drug-likeness (QED) is 0.418. The van der Waals surface area contributed by atoms with Crippen molar-refractivity contribution in [1.82, 2.24) is 4.31 Å². The van der Waals surface area contributed by atoms with Crippen molar-refractivity contribution in [2.45, 2.75) is 37.5 Å². The van der Waals surface area contributed by atoms with Crippen molar-refractivity contribution in [2.75, 3.05) is 17.8 Å². The second-order valence-corrected chi connectivity index (χ2v) is 11.6. The van der Waals surface area contributed by atoms with Crippen LogP contribution in [0.2, 0.25) is 0 Å². The molecule has 0 bridgehead atoms. The molecule has 170 valence electrons. The van der Waals surface area contributed by atoms with Gasteiger partial charge in [-0.05, 0) is 42.2 Å². The average molecular weight is 470 g/mol. The van der Waals surface area contributed by atoms with Gasteiger partial charge in [-0.25, -0.2) is 16.8 Å². The second-order valence-electron chi connectivity index (χ2n) is 7.99. The lowest BCUT2D eigenvalue weighted by Crippen LogP contribution is -2.37. The third-order valence-corrected chi connectivity index (χ3v) is 7.45. The van der Waals surface area contributed by atoms with E-state index in [2.05, 4.69) is 4.72 Å². The van der Waals surface area contributed by atoms with E-state index >= 15 is 0 Å². The molecule has 0 heterocycles. The van der Waals surface area contributed by atoms with E-state index in [0.717, 1.165) is 6.07 Å². The Kier molecular flexibility index (Phi) is 7.79. The van der Waals surface area contributed by atoms with Crippen molar-refractivity contribution < 1.29 is 21.8 Å². The van der Waals surface area contributed by atoms with Crippen LogP contribution in [0.3, 0.4) is 0 Å². The van der Waals surface area contributed by atoms with Gasteiger partial charge in [0.15, 0.2) is 0 Å². The van der Waals surface area contributed by atoms with Crippen LogP contribution in [0.25, 0.3) is 0 Å². The maximum Gasteiger partial charge on any atom is 0.270 e. The number of nitro benzene ring substituents is 1. The number of benzene rings is 2. The monoisotopic (exact) mass is 469 g/mol. The molecule has 0 saturated heterocycles. The Bertz CT molecular complexity index is 1120. The van der Waals surface area contributed by atoms with Gasteiger partial charge in [-0.15, -0.1) is 0 Å². The molecule has 0 aromatic heterocycles. The third kappa shape index (κ3) is 6.49. The molecule has 2 aromatic rings. The van der Waals surface area contributed by atoms with Gasteiger partial charge >= 0.3 is 0 Å². The molecule has 0 aliphatic rings. The predicted molar refractivity (Wildman–Crippen MR) is 119 cm³/mol. The van der Waals surface area contributed by atoms with E-state index < -0.39 is 25.0 Å². The number of anilines is 1. The van der Waals surface area contributed by atoms with E-state index in [4.69, 9.17) is 0 Å². The van der Waals surface area contributed by atoms with Gasteiger partial charge in [0.1, 0.15) is 0 Å². The van der Waals surface area contributed by atoms with Crippen LogP contribution < -0.4 is 4.72 Å². The maximum absolute atomic E-state index is 13.0. The highest BCUT2D eigenvalue weighted by Crippen LogP contribution is 2.23. The molecule has 0 spiro atoms. The summed E-state index contributed by atoms with van der Waals surface area (Å²) in [5.74, 6) is 0.295. The van der Waals surface area contributed by atoms with Crippen LogP contribution in [0.15, 0.2) is 58.3 Å². The Hall–Kier alpha value is -2.50. The molecule has 0 radical (unpaired) electrons. The normalized spacial score (nSPS) is 12.5. The van der Waals surface area contributed by atoms with Crippen molar-refractivity contribution >= 4 is 31.4 Å². The number of nitrogens with one attached hydrogen (secondary N) is 1. The Labute approximate surface area is 183 Å². The fourth-order valence-electron chi connectivity index (χ4n) is 2.91. The summed E-state index contributed by atoms with van der Waals surface area (Å²) in [6.07, 6.45) is 0. The highest BCUT2D eigenvalue weighted by molar-refractivity contribution is 7.92. The van der Waals surface area contributed by atoms with Crippen LogP contribution >= 0.6 is 0 Å². The number of non-ortho nitro benzene ring substituents is 1. The summed E-state index contributed by atoms with van der Waals surface area (Å²) in [6, 6.07) is 10.1. The summed E-state index contributed by atoms with van der Waals surface area (Å²) in [5.41, 5.74) is -0.204. The first kappa shape index (κ1) is 24.8. The number of sulfonamides is 2. The van der Waals surface area contributed by atoms with Crippen molar-refractivity contribution in [1.29, 1.82) is 0 Å². The third-order valence-electron chi connectivity index (χ3n) is 4.22. The minimum Gasteiger partial charge on any atom is -0.280 e. The lowest BCUT2D eigenvalue weighted by molar-refractivity contribution is -0.385. The molecule has 0 saturated carbocycles. The van der Waals surface area contributed by atoms with Gasteiger partial charge < -0.3 is 0 Å². The molecule has 0 unspecified atom stereocenters. The lowest BCUT2D eigenvalue weighted by atomic mass is 10.2. The topological polar surface area (TPSA) is 127 Å². The standard InChI is InChI=1S/C20H27N3O6S2/c1-15(2)13-22(14-16(3)4)31(28,29)19-10-8-17(9-11-19)21-30(26,27)20-7-5-6-18(12-20)23(24)25/h5-12,15-16,21H,13-14H2,1-4H3. The SMILES string of the molecule is CC(C)CN(CC(C)C)S(=O)(=O)c1ccc(NS(=O)(=O)c2cccc([N+](=O)[O-])c2)cc1. The average Bonchev–Trinajstić information content (AvgIpc) is 2.67. The molecule has 2 rings (SSSR count). The fourth-order valence-corrected chi connectivity index (χ4v) is 5.77. The van der Waals surface area contributed by atoms with E-state index in [1.807, 2.05) is 27.7 Å². The predicted octanol–water partition coefficient (Wildman–Crippen LogP) is 3.70. The lowest BCUT2D eigenvalue weighted by Gasteiger charge is -2.25. The smallest absolute Gasteiger partial charge is 0.270 e. The summed E-state index contributed by atoms with van der Waals surface area (Å²) in [6.45, 7) is 8.51. The van der Waals surface area contributed by atoms with E-state index in [-0.39, 0.29) is 33.0 Å². The maximum atomic E-state index is 13.0. The number of hydrogen-bond donors (Lipinski definition) is 1. The van der Waals surface area contributed by atoms with Gasteiger partial charge in [0.05, 0.1) is 14.7 Å². The van der Waals surface area contributed by atoms with Crippen LogP contribution in [0, 0.1) is 22.0 Å². The summed E-state index contributed by atoms with van der Waals surface area (Å²) in [5, 5.41) is 10.9. The molecular weight excluding hydrogens is 442 g/mol. The zero-order valence-electron chi connectivity index (χ0n) is 17.8. The van der Waals surface area contributed by atoms with Crippen molar-refractivity contribution in [3.8, 4) is 0 Å². The first-order valence-electron chi connectivity index (χ1n) is 9.70. The number of nitro groups is 1. The molecule has 0 amide bonds. The second kappa shape index (κ2) is 9.75. The van der Waals surface area contributed by atoms with E-state index in [0.29, 0.717) is 13.1 Å². The highest BCUT2D eigenvalue weighted by atomic mass is 32.2. The molecular formula is C20H27N3O6S2. The number of hydrogen-bond acceptors (Lipinski definition) is 6. The molecule has 1 N–H and O–H groups in total. The van der Waals surface area contributed by atoms with Gasteiger partial charge in [-0.3, -0.25) is 14.8 Å². The van der Waals surface area contributed by atoms with E-state index in [9.17, 15) is 26.9 Å². The summed E-state index contributed by atoms with van der Waals surface area (Å²) in [7, 11) is -7.82. The van der Waals surface area contributed by atoms with Gasteiger partial charge in [-0.2, -0.15) is 4.31 Å². The van der Waals surface area contributed by atoms with Crippen LogP contribution in [0.4, 0.5) is 11.4 Å². The molecule has 0 fully saturated rings. The molecule has 11 heteroatoms. The largest absolute Gasteiger partial charge is 0.280 e. The zero-order valence-corrected chi connectivity index (χ0v) is 19.5. The minimum atomic E-state index is -4.08. The van der Waals surface area contributed by atoms with Gasteiger partial charge in [0.25, 0.3) is 15.7 Å². The Morgan fingerprint density at radius 3 is 1.94 bits per heavy atom. The molecule has 31 heavy (non-hydrogen) atoms.